The van der Waals surface area contributed by atoms with Gasteiger partial charge in [-0.05, 0) is 43.8 Å². The molecule has 2 aromatic carbocycles. The molecule has 3 N–H and O–H groups in total. The van der Waals surface area contributed by atoms with Gasteiger partial charge in [0.1, 0.15) is 17.3 Å². The Morgan fingerprint density at radius 2 is 1.78 bits per heavy atom. The molecule has 0 fully saturated rings. The number of H-pyrrole nitrogens is 1. The van der Waals surface area contributed by atoms with Gasteiger partial charge in [-0.15, -0.1) is 12.4 Å². The summed E-state index contributed by atoms with van der Waals surface area (Å²) in [7, 11) is 5.70. The van der Waals surface area contributed by atoms with Crippen LogP contribution in [0.15, 0.2) is 35.1 Å². The number of aromatic hydroxyl groups is 2. The van der Waals surface area contributed by atoms with Crippen LogP contribution in [0.25, 0.3) is 17.1 Å². The number of phenolic OH excluding ortho intramolecular Hbond substituents is 2. The minimum Gasteiger partial charge on any atom is -0.508 e. The SMILES string of the molecule is CC(C)c1cc(-c2n[nH]c(=O)n2-c2ccc(N(C)CCN(C)C)c(F)c2)c(O)cc1O.Cl. The Balaban J connectivity index is 0.00000363. The number of halogens is 2. The molecule has 10 heteroatoms. The van der Waals surface area contributed by atoms with Crippen LogP contribution in [-0.2, 0) is 0 Å². The van der Waals surface area contributed by atoms with E-state index in [4.69, 9.17) is 0 Å². The van der Waals surface area contributed by atoms with Gasteiger partial charge in [-0.1, -0.05) is 13.8 Å². The summed E-state index contributed by atoms with van der Waals surface area (Å²) in [6.45, 7) is 5.20. The van der Waals surface area contributed by atoms with Gasteiger partial charge in [0.15, 0.2) is 5.82 Å². The number of benzene rings is 2. The normalized spacial score (nSPS) is 11.1. The van der Waals surface area contributed by atoms with Gasteiger partial charge in [-0.3, -0.25) is 0 Å². The van der Waals surface area contributed by atoms with E-state index < -0.39 is 11.5 Å². The Bertz CT molecular complexity index is 1140. The van der Waals surface area contributed by atoms with Crippen molar-refractivity contribution in [1.29, 1.82) is 0 Å². The number of aromatic amines is 1. The van der Waals surface area contributed by atoms with Crippen molar-refractivity contribution < 1.29 is 14.6 Å². The first-order valence-electron chi connectivity index (χ1n) is 9.99. The smallest absolute Gasteiger partial charge is 0.348 e. The van der Waals surface area contributed by atoms with Gasteiger partial charge < -0.3 is 20.0 Å². The molecule has 1 heterocycles. The molecule has 0 aliphatic heterocycles. The lowest BCUT2D eigenvalue weighted by Crippen LogP contribution is -2.29. The maximum Gasteiger partial charge on any atom is 0.348 e. The van der Waals surface area contributed by atoms with E-state index >= 15 is 0 Å². The maximum atomic E-state index is 14.9. The number of hydrogen-bond acceptors (Lipinski definition) is 6. The molecule has 3 rings (SSSR count). The quantitative estimate of drug-likeness (QED) is 0.495. The average Bonchev–Trinajstić information content (AvgIpc) is 3.06. The van der Waals surface area contributed by atoms with Crippen molar-refractivity contribution in [3.8, 4) is 28.6 Å². The Kier molecular flexibility index (Phi) is 7.92. The highest BCUT2D eigenvalue weighted by Gasteiger charge is 2.20. The molecule has 32 heavy (non-hydrogen) atoms. The fourth-order valence-corrected chi connectivity index (χ4v) is 3.37. The number of phenols is 2. The number of nitrogens with one attached hydrogen (secondary N) is 1. The molecule has 0 unspecified atom stereocenters. The zero-order valence-electron chi connectivity index (χ0n) is 18.8. The molecule has 0 spiro atoms. The zero-order chi connectivity index (χ0) is 22.9. The van der Waals surface area contributed by atoms with Gasteiger partial charge in [0.05, 0.1) is 16.9 Å². The molecule has 0 saturated carbocycles. The van der Waals surface area contributed by atoms with Crippen LogP contribution in [0.1, 0.15) is 25.3 Å². The van der Waals surface area contributed by atoms with E-state index in [9.17, 15) is 19.4 Å². The van der Waals surface area contributed by atoms with Crippen LogP contribution in [0.3, 0.4) is 0 Å². The summed E-state index contributed by atoms with van der Waals surface area (Å²) >= 11 is 0. The van der Waals surface area contributed by atoms with E-state index in [1.54, 1.807) is 30.1 Å². The third-order valence-electron chi connectivity index (χ3n) is 5.16. The highest BCUT2D eigenvalue weighted by atomic mass is 35.5. The van der Waals surface area contributed by atoms with Crippen LogP contribution in [0.2, 0.25) is 0 Å². The Labute approximate surface area is 192 Å². The van der Waals surface area contributed by atoms with Gasteiger partial charge in [-0.2, -0.15) is 5.10 Å². The molecule has 0 saturated heterocycles. The summed E-state index contributed by atoms with van der Waals surface area (Å²) < 4.78 is 16.1. The predicted octanol–water partition coefficient (Wildman–Crippen LogP) is 3.32. The molecular weight excluding hydrogens is 437 g/mol. The molecule has 0 atom stereocenters. The lowest BCUT2D eigenvalue weighted by atomic mass is 9.98. The minimum atomic E-state index is -0.568. The van der Waals surface area contributed by atoms with Crippen LogP contribution in [-0.4, -0.2) is 64.1 Å². The van der Waals surface area contributed by atoms with Gasteiger partial charge in [-0.25, -0.2) is 18.9 Å². The van der Waals surface area contributed by atoms with Crippen molar-refractivity contribution in [2.24, 2.45) is 0 Å². The molecule has 174 valence electrons. The van der Waals surface area contributed by atoms with E-state index in [0.717, 1.165) is 6.54 Å². The highest BCUT2D eigenvalue weighted by molar-refractivity contribution is 5.85. The van der Waals surface area contributed by atoms with E-state index in [-0.39, 0.29) is 46.9 Å². The molecule has 0 amide bonds. The summed E-state index contributed by atoms with van der Waals surface area (Å²) in [4.78, 5) is 16.3. The first-order valence-corrected chi connectivity index (χ1v) is 9.99. The lowest BCUT2D eigenvalue weighted by molar-refractivity contribution is 0.416. The highest BCUT2D eigenvalue weighted by Crippen LogP contribution is 2.37. The van der Waals surface area contributed by atoms with E-state index in [0.29, 0.717) is 17.8 Å². The fourth-order valence-electron chi connectivity index (χ4n) is 3.37. The van der Waals surface area contributed by atoms with Crippen LogP contribution in [0, 0.1) is 5.82 Å². The molecule has 3 aromatic rings. The van der Waals surface area contributed by atoms with E-state index in [1.165, 1.54) is 16.7 Å². The molecule has 8 nitrogen and oxygen atoms in total. The van der Waals surface area contributed by atoms with Crippen molar-refractivity contribution in [3.63, 3.8) is 0 Å². The van der Waals surface area contributed by atoms with Crippen molar-refractivity contribution >= 4 is 18.1 Å². The van der Waals surface area contributed by atoms with Crippen molar-refractivity contribution in [2.75, 3.05) is 39.1 Å². The van der Waals surface area contributed by atoms with Gasteiger partial charge in [0.25, 0.3) is 0 Å². The van der Waals surface area contributed by atoms with E-state index in [1.807, 2.05) is 32.8 Å². The number of likely N-dealkylation sites (N-methyl/N-ethyl adjacent to an activating group) is 2. The Hall–Kier alpha value is -3.04. The fraction of sp³-hybridized carbons (Fsp3) is 0.364. The number of anilines is 1. The summed E-state index contributed by atoms with van der Waals surface area (Å²) in [5, 5.41) is 26.9. The number of aromatic nitrogens is 3. The molecule has 0 bridgehead atoms. The van der Waals surface area contributed by atoms with Gasteiger partial charge >= 0.3 is 5.69 Å². The van der Waals surface area contributed by atoms with Gasteiger partial charge in [0.2, 0.25) is 0 Å². The Morgan fingerprint density at radius 1 is 1.09 bits per heavy atom. The number of hydrogen-bond donors (Lipinski definition) is 3. The number of nitrogens with zero attached hydrogens (tertiary/aromatic N) is 4. The topological polar surface area (TPSA) is 97.6 Å². The van der Waals surface area contributed by atoms with Crippen molar-refractivity contribution in [1.82, 2.24) is 19.7 Å². The summed E-state index contributed by atoms with van der Waals surface area (Å²) in [6, 6.07) is 7.31. The summed E-state index contributed by atoms with van der Waals surface area (Å²) in [5.41, 5.74) is 0.973. The molecule has 0 aliphatic carbocycles. The third-order valence-corrected chi connectivity index (χ3v) is 5.16. The predicted molar refractivity (Wildman–Crippen MR) is 126 cm³/mol. The average molecular weight is 466 g/mol. The largest absolute Gasteiger partial charge is 0.508 e. The zero-order valence-corrected chi connectivity index (χ0v) is 19.6. The third kappa shape index (κ3) is 5.05. The minimum absolute atomic E-state index is 0. The Morgan fingerprint density at radius 3 is 2.38 bits per heavy atom. The molecule has 0 aliphatic rings. The number of rotatable bonds is 7. The molecular formula is C22H29ClFN5O3. The monoisotopic (exact) mass is 465 g/mol. The molecule has 1 aromatic heterocycles. The maximum absolute atomic E-state index is 14.9. The lowest BCUT2D eigenvalue weighted by Gasteiger charge is -2.22. The van der Waals surface area contributed by atoms with Crippen LogP contribution >= 0.6 is 12.4 Å². The van der Waals surface area contributed by atoms with Crippen LogP contribution in [0.5, 0.6) is 11.5 Å². The second-order valence-corrected chi connectivity index (χ2v) is 8.13. The first kappa shape index (κ1) is 25.2. The van der Waals surface area contributed by atoms with Crippen LogP contribution in [0.4, 0.5) is 10.1 Å². The second kappa shape index (κ2) is 10.1. The standard InChI is InChI=1S/C22H28FN5O3.ClH/c1-13(2)15-11-16(20(30)12-19(15)29)21-24-25-22(31)28(21)14-6-7-18(17(23)10-14)27(5)9-8-26(3)4;/h6-7,10-13,29-30H,8-9H2,1-5H3,(H,25,31);1H. The second-order valence-electron chi connectivity index (χ2n) is 8.13. The van der Waals surface area contributed by atoms with Crippen molar-refractivity contribution in [3.05, 3.63) is 52.2 Å². The van der Waals surface area contributed by atoms with Crippen molar-refractivity contribution in [2.45, 2.75) is 19.8 Å². The first-order chi connectivity index (χ1) is 14.6. The summed E-state index contributed by atoms with van der Waals surface area (Å²) in [5.74, 6) is -0.652. The molecule has 0 radical (unpaired) electrons. The van der Waals surface area contributed by atoms with Crippen LogP contribution < -0.4 is 10.6 Å². The van der Waals surface area contributed by atoms with Gasteiger partial charge in [0, 0.05) is 32.3 Å². The summed E-state index contributed by atoms with van der Waals surface area (Å²) in [6.07, 6.45) is 0. The van der Waals surface area contributed by atoms with E-state index in [2.05, 4.69) is 10.2 Å².